The first-order valence-electron chi connectivity index (χ1n) is 10.2. The van der Waals surface area contributed by atoms with E-state index in [2.05, 4.69) is 25.6 Å². The molecule has 3 aromatic carbocycles. The fraction of sp³-hybridized carbons (Fsp3) is 0.0417. The summed E-state index contributed by atoms with van der Waals surface area (Å²) in [6.07, 6.45) is 2.95. The standard InChI is InChI=1S/C24H16ClFN6OS/c25-16-7-10-21(32-14-27-13-28-32)20(11-16)29-22(33)12-34-24-19-4-2-1-3-18(19)23(30-31-24)15-5-8-17(26)9-6-15/h1-11,13-14H,12H2,(H,29,33). The maximum absolute atomic E-state index is 13.3. The Balaban J connectivity index is 1.37. The second kappa shape index (κ2) is 9.58. The number of nitrogens with one attached hydrogen (secondary N) is 1. The maximum atomic E-state index is 13.3. The zero-order chi connectivity index (χ0) is 23.5. The Bertz CT molecular complexity index is 1480. The van der Waals surface area contributed by atoms with Crippen LogP contribution in [0.15, 0.2) is 84.4 Å². The molecule has 0 aliphatic rings. The Hall–Kier alpha value is -3.82. The largest absolute Gasteiger partial charge is 0.323 e. The van der Waals surface area contributed by atoms with Crippen molar-refractivity contribution in [3.63, 3.8) is 0 Å². The number of benzene rings is 3. The van der Waals surface area contributed by atoms with Crippen LogP contribution < -0.4 is 5.32 Å². The second-order valence-electron chi connectivity index (χ2n) is 7.24. The van der Waals surface area contributed by atoms with E-state index in [9.17, 15) is 9.18 Å². The van der Waals surface area contributed by atoms with Crippen LogP contribution in [-0.2, 0) is 4.79 Å². The third-order valence-corrected chi connectivity index (χ3v) is 6.23. The molecule has 0 radical (unpaired) electrons. The highest BCUT2D eigenvalue weighted by Gasteiger charge is 2.15. The zero-order valence-electron chi connectivity index (χ0n) is 17.5. The lowest BCUT2D eigenvalue weighted by molar-refractivity contribution is -0.113. The van der Waals surface area contributed by atoms with Crippen LogP contribution in [0.2, 0.25) is 5.02 Å². The molecule has 0 aliphatic carbocycles. The number of aromatic nitrogens is 5. The van der Waals surface area contributed by atoms with E-state index in [-0.39, 0.29) is 17.5 Å². The van der Waals surface area contributed by atoms with Gasteiger partial charge < -0.3 is 5.32 Å². The monoisotopic (exact) mass is 490 g/mol. The summed E-state index contributed by atoms with van der Waals surface area (Å²) in [6.45, 7) is 0. The van der Waals surface area contributed by atoms with Gasteiger partial charge in [0.2, 0.25) is 5.91 Å². The lowest BCUT2D eigenvalue weighted by Crippen LogP contribution is -2.16. The normalized spacial score (nSPS) is 11.0. The predicted octanol–water partition coefficient (Wildman–Crippen LogP) is 5.40. The molecule has 5 rings (SSSR count). The summed E-state index contributed by atoms with van der Waals surface area (Å²) < 4.78 is 14.9. The van der Waals surface area contributed by atoms with Crippen molar-refractivity contribution in [3.8, 4) is 16.9 Å². The average molecular weight is 491 g/mol. The summed E-state index contributed by atoms with van der Waals surface area (Å²) in [5.74, 6) is -0.439. The molecule has 1 N–H and O–H groups in total. The number of thioether (sulfide) groups is 1. The first-order valence-corrected chi connectivity index (χ1v) is 11.5. The van der Waals surface area contributed by atoms with E-state index in [0.29, 0.717) is 27.1 Å². The van der Waals surface area contributed by atoms with Gasteiger partial charge in [-0.1, -0.05) is 47.6 Å². The van der Waals surface area contributed by atoms with Crippen molar-refractivity contribution in [2.24, 2.45) is 0 Å². The quantitative estimate of drug-likeness (QED) is 0.321. The smallest absolute Gasteiger partial charge is 0.234 e. The number of fused-ring (bicyclic) bond motifs is 1. The van der Waals surface area contributed by atoms with Crippen LogP contribution in [0.4, 0.5) is 10.1 Å². The van der Waals surface area contributed by atoms with Crippen molar-refractivity contribution in [3.05, 3.63) is 90.2 Å². The van der Waals surface area contributed by atoms with Crippen molar-refractivity contribution < 1.29 is 9.18 Å². The Morgan fingerprint density at radius 2 is 1.82 bits per heavy atom. The van der Waals surface area contributed by atoms with Crippen LogP contribution in [0, 0.1) is 5.82 Å². The minimum absolute atomic E-state index is 0.109. The van der Waals surface area contributed by atoms with Crippen molar-refractivity contribution in [1.82, 2.24) is 25.0 Å². The highest BCUT2D eigenvalue weighted by molar-refractivity contribution is 8.00. The van der Waals surface area contributed by atoms with Gasteiger partial charge in [0.1, 0.15) is 29.2 Å². The zero-order valence-corrected chi connectivity index (χ0v) is 19.1. The van der Waals surface area contributed by atoms with E-state index in [1.54, 1.807) is 35.0 Å². The molecule has 0 atom stereocenters. The number of hydrogen-bond acceptors (Lipinski definition) is 6. The Labute approximate surface area is 203 Å². The molecule has 1 amide bonds. The summed E-state index contributed by atoms with van der Waals surface area (Å²) in [4.78, 5) is 16.7. The van der Waals surface area contributed by atoms with Gasteiger partial charge in [0.05, 0.1) is 17.1 Å². The van der Waals surface area contributed by atoms with E-state index in [0.717, 1.165) is 16.3 Å². The molecule has 0 bridgehead atoms. The molecule has 7 nitrogen and oxygen atoms in total. The molecule has 0 spiro atoms. The van der Waals surface area contributed by atoms with Crippen molar-refractivity contribution >= 4 is 45.7 Å². The first kappa shape index (κ1) is 22.0. The number of amides is 1. The number of halogens is 2. The summed E-state index contributed by atoms with van der Waals surface area (Å²) in [7, 11) is 0. The van der Waals surface area contributed by atoms with E-state index < -0.39 is 0 Å². The van der Waals surface area contributed by atoms with Crippen LogP contribution in [-0.4, -0.2) is 36.6 Å². The maximum Gasteiger partial charge on any atom is 0.234 e. The molecule has 0 saturated heterocycles. The van der Waals surface area contributed by atoms with Crippen LogP contribution in [0.3, 0.4) is 0 Å². The highest BCUT2D eigenvalue weighted by atomic mass is 35.5. The third-order valence-electron chi connectivity index (χ3n) is 5.01. The van der Waals surface area contributed by atoms with Gasteiger partial charge in [0.25, 0.3) is 0 Å². The van der Waals surface area contributed by atoms with E-state index in [1.807, 2.05) is 24.3 Å². The van der Waals surface area contributed by atoms with Gasteiger partial charge >= 0.3 is 0 Å². The summed E-state index contributed by atoms with van der Waals surface area (Å²) in [5, 5.41) is 18.6. The number of carbonyl (C=O) groups is 1. The van der Waals surface area contributed by atoms with E-state index in [1.165, 1.54) is 36.5 Å². The minimum atomic E-state index is -0.314. The lowest BCUT2D eigenvalue weighted by atomic mass is 10.1. The molecular weight excluding hydrogens is 475 g/mol. The van der Waals surface area contributed by atoms with Gasteiger partial charge in [-0.05, 0) is 42.5 Å². The van der Waals surface area contributed by atoms with Crippen molar-refractivity contribution in [2.45, 2.75) is 5.03 Å². The summed E-state index contributed by atoms with van der Waals surface area (Å²) >= 11 is 7.41. The number of carbonyl (C=O) groups excluding carboxylic acids is 1. The molecule has 0 saturated carbocycles. The second-order valence-corrected chi connectivity index (χ2v) is 8.65. The topological polar surface area (TPSA) is 85.6 Å². The SMILES string of the molecule is O=C(CSc1nnc(-c2ccc(F)cc2)c2ccccc12)Nc1cc(Cl)ccc1-n1cncn1. The average Bonchev–Trinajstić information content (AvgIpc) is 3.38. The summed E-state index contributed by atoms with van der Waals surface area (Å²) in [6, 6.07) is 18.9. The van der Waals surface area contributed by atoms with Crippen molar-refractivity contribution in [2.75, 3.05) is 11.1 Å². The van der Waals surface area contributed by atoms with Crippen LogP contribution >= 0.6 is 23.4 Å². The molecule has 0 unspecified atom stereocenters. The molecule has 34 heavy (non-hydrogen) atoms. The van der Waals surface area contributed by atoms with Gasteiger partial charge in [0.15, 0.2) is 0 Å². The van der Waals surface area contributed by atoms with Gasteiger partial charge in [-0.25, -0.2) is 14.1 Å². The Kier molecular flexibility index (Phi) is 6.20. The van der Waals surface area contributed by atoms with Crippen LogP contribution in [0.1, 0.15) is 0 Å². The van der Waals surface area contributed by atoms with Gasteiger partial charge in [-0.2, -0.15) is 5.10 Å². The lowest BCUT2D eigenvalue weighted by Gasteiger charge is -2.12. The van der Waals surface area contributed by atoms with E-state index >= 15 is 0 Å². The van der Waals surface area contributed by atoms with Crippen molar-refractivity contribution in [1.29, 1.82) is 0 Å². The number of anilines is 1. The fourth-order valence-corrected chi connectivity index (χ4v) is 4.41. The highest BCUT2D eigenvalue weighted by Crippen LogP contribution is 2.32. The number of rotatable bonds is 6. The summed E-state index contributed by atoms with van der Waals surface area (Å²) in [5.41, 5.74) is 2.59. The molecule has 0 aliphatic heterocycles. The number of hydrogen-bond donors (Lipinski definition) is 1. The minimum Gasteiger partial charge on any atom is -0.323 e. The van der Waals surface area contributed by atoms with Crippen LogP contribution in [0.5, 0.6) is 0 Å². The third kappa shape index (κ3) is 4.61. The number of nitrogens with zero attached hydrogens (tertiary/aromatic N) is 5. The molecular formula is C24H16ClFN6OS. The molecule has 0 fully saturated rings. The predicted molar refractivity (Wildman–Crippen MR) is 131 cm³/mol. The molecule has 168 valence electrons. The molecule has 2 aromatic heterocycles. The molecule has 2 heterocycles. The Morgan fingerprint density at radius 1 is 1.03 bits per heavy atom. The van der Waals surface area contributed by atoms with E-state index in [4.69, 9.17) is 11.6 Å². The van der Waals surface area contributed by atoms with Crippen LogP contribution in [0.25, 0.3) is 27.7 Å². The van der Waals surface area contributed by atoms with Gasteiger partial charge in [0, 0.05) is 21.4 Å². The van der Waals surface area contributed by atoms with Gasteiger partial charge in [-0.15, -0.1) is 10.2 Å². The molecule has 10 heteroatoms. The molecule has 5 aromatic rings. The first-order chi connectivity index (χ1) is 16.6. The van der Waals surface area contributed by atoms with Gasteiger partial charge in [-0.3, -0.25) is 4.79 Å². The Morgan fingerprint density at radius 3 is 2.59 bits per heavy atom. The fourth-order valence-electron chi connectivity index (χ4n) is 3.47.